The minimum Gasteiger partial charge on any atom is -0.284 e. The van der Waals surface area contributed by atoms with Crippen LogP contribution >= 0.6 is 0 Å². The van der Waals surface area contributed by atoms with Crippen molar-refractivity contribution in [2.75, 3.05) is 6.54 Å². The molecule has 0 bridgehead atoms. The summed E-state index contributed by atoms with van der Waals surface area (Å²) in [4.78, 5) is 6.71. The van der Waals surface area contributed by atoms with Gasteiger partial charge in [0.05, 0.1) is 17.6 Å². The number of hydrogen-bond donors (Lipinski definition) is 0. The van der Waals surface area contributed by atoms with Crippen LogP contribution in [-0.2, 0) is 6.54 Å². The second-order valence-electron chi connectivity index (χ2n) is 4.79. The zero-order valence-corrected chi connectivity index (χ0v) is 10.2. The number of hydrogen-bond acceptors (Lipinski definition) is 3. The molecule has 0 N–H and O–H groups in total. The summed E-state index contributed by atoms with van der Waals surface area (Å²) in [5.74, 6) is 0. The second-order valence-corrected chi connectivity index (χ2v) is 4.79. The zero-order chi connectivity index (χ0) is 12.4. The number of nitrogens with zero attached hydrogens (tertiary/aromatic N) is 3. The molecule has 0 spiro atoms. The highest BCUT2D eigenvalue weighted by atomic mass is 15.2. The van der Waals surface area contributed by atoms with E-state index < -0.39 is 0 Å². The number of fused-ring (bicyclic) bond motifs is 1. The molecule has 0 amide bonds. The van der Waals surface area contributed by atoms with E-state index in [0.29, 0.717) is 0 Å². The predicted octanol–water partition coefficient (Wildman–Crippen LogP) is 2.72. The van der Waals surface area contributed by atoms with Gasteiger partial charge in [0.25, 0.3) is 0 Å². The molecule has 1 fully saturated rings. The summed E-state index contributed by atoms with van der Waals surface area (Å²) in [6.07, 6.45) is 4.05. The SMILES string of the molecule is N#CC1CCCN1Cc1cnc2ccccc2c1. The topological polar surface area (TPSA) is 39.9 Å². The van der Waals surface area contributed by atoms with Gasteiger partial charge >= 0.3 is 0 Å². The molecule has 2 heterocycles. The van der Waals surface area contributed by atoms with Gasteiger partial charge in [0.1, 0.15) is 0 Å². The van der Waals surface area contributed by atoms with E-state index in [2.05, 4.69) is 28.1 Å². The van der Waals surface area contributed by atoms with Crippen molar-refractivity contribution < 1.29 is 0 Å². The lowest BCUT2D eigenvalue weighted by Gasteiger charge is -2.18. The van der Waals surface area contributed by atoms with Gasteiger partial charge in [0, 0.05) is 18.1 Å². The number of rotatable bonds is 2. The molecule has 0 radical (unpaired) electrons. The summed E-state index contributed by atoms with van der Waals surface area (Å²) in [5.41, 5.74) is 2.22. The van der Waals surface area contributed by atoms with Gasteiger partial charge in [-0.1, -0.05) is 18.2 Å². The molecule has 1 unspecified atom stereocenters. The first-order valence-corrected chi connectivity index (χ1v) is 6.34. The van der Waals surface area contributed by atoms with Gasteiger partial charge in [0.2, 0.25) is 0 Å². The third-order valence-corrected chi connectivity index (χ3v) is 3.55. The van der Waals surface area contributed by atoms with Crippen molar-refractivity contribution in [3.63, 3.8) is 0 Å². The van der Waals surface area contributed by atoms with Crippen LogP contribution in [-0.4, -0.2) is 22.5 Å². The lowest BCUT2D eigenvalue weighted by Crippen LogP contribution is -2.27. The largest absolute Gasteiger partial charge is 0.284 e. The summed E-state index contributed by atoms with van der Waals surface area (Å²) in [6.45, 7) is 1.85. The van der Waals surface area contributed by atoms with Gasteiger partial charge in [-0.05, 0) is 37.1 Å². The second kappa shape index (κ2) is 4.75. The highest BCUT2D eigenvalue weighted by Crippen LogP contribution is 2.20. The van der Waals surface area contributed by atoms with Crippen LogP contribution in [0.5, 0.6) is 0 Å². The highest BCUT2D eigenvalue weighted by molar-refractivity contribution is 5.78. The summed E-state index contributed by atoms with van der Waals surface area (Å²) < 4.78 is 0. The molecule has 0 aliphatic carbocycles. The summed E-state index contributed by atoms with van der Waals surface area (Å²) in [5, 5.41) is 10.2. The Kier molecular flexibility index (Phi) is 2.95. The number of benzene rings is 1. The van der Waals surface area contributed by atoms with Crippen molar-refractivity contribution in [1.29, 1.82) is 5.26 Å². The third kappa shape index (κ3) is 2.07. The van der Waals surface area contributed by atoms with E-state index in [1.807, 2.05) is 24.4 Å². The Hall–Kier alpha value is -1.92. The summed E-state index contributed by atoms with van der Waals surface area (Å²) in [6, 6.07) is 12.8. The van der Waals surface area contributed by atoms with Crippen LogP contribution < -0.4 is 0 Å². The van der Waals surface area contributed by atoms with E-state index in [0.717, 1.165) is 31.4 Å². The monoisotopic (exact) mass is 237 g/mol. The van der Waals surface area contributed by atoms with Gasteiger partial charge in [-0.25, -0.2) is 0 Å². The van der Waals surface area contributed by atoms with Crippen LogP contribution in [0.3, 0.4) is 0 Å². The molecular weight excluding hydrogens is 222 g/mol. The number of pyridine rings is 1. The molecule has 90 valence electrons. The molecule has 1 aliphatic rings. The summed E-state index contributed by atoms with van der Waals surface area (Å²) in [7, 11) is 0. The minimum atomic E-state index is 0.0801. The smallest absolute Gasteiger partial charge is 0.0981 e. The lowest BCUT2D eigenvalue weighted by molar-refractivity contribution is 0.286. The van der Waals surface area contributed by atoms with E-state index in [1.165, 1.54) is 10.9 Å². The number of aromatic nitrogens is 1. The fraction of sp³-hybridized carbons (Fsp3) is 0.333. The van der Waals surface area contributed by atoms with Crippen molar-refractivity contribution in [3.8, 4) is 6.07 Å². The molecule has 18 heavy (non-hydrogen) atoms. The maximum atomic E-state index is 9.08. The lowest BCUT2D eigenvalue weighted by atomic mass is 10.1. The number of likely N-dealkylation sites (tertiary alicyclic amines) is 1. The minimum absolute atomic E-state index is 0.0801. The average Bonchev–Trinajstić information content (AvgIpc) is 2.86. The van der Waals surface area contributed by atoms with Crippen LogP contribution in [0.25, 0.3) is 10.9 Å². The molecule has 1 saturated heterocycles. The Labute approximate surface area is 107 Å². The Bertz CT molecular complexity index is 600. The fourth-order valence-electron chi connectivity index (χ4n) is 2.60. The normalized spacial score (nSPS) is 20.1. The van der Waals surface area contributed by atoms with Crippen molar-refractivity contribution in [2.24, 2.45) is 0 Å². The fourth-order valence-corrected chi connectivity index (χ4v) is 2.60. The first kappa shape index (κ1) is 11.2. The van der Waals surface area contributed by atoms with Gasteiger partial charge in [-0.3, -0.25) is 9.88 Å². The predicted molar refractivity (Wildman–Crippen MR) is 70.8 cm³/mol. The first-order valence-electron chi connectivity index (χ1n) is 6.34. The number of nitriles is 1. The van der Waals surface area contributed by atoms with E-state index in [9.17, 15) is 0 Å². The van der Waals surface area contributed by atoms with Crippen molar-refractivity contribution in [1.82, 2.24) is 9.88 Å². The van der Waals surface area contributed by atoms with Gasteiger partial charge in [0.15, 0.2) is 0 Å². The molecule has 1 atom stereocenters. The Morgan fingerprint density at radius 1 is 1.39 bits per heavy atom. The molecule has 1 aromatic heterocycles. The average molecular weight is 237 g/mol. The van der Waals surface area contributed by atoms with Crippen LogP contribution in [0.1, 0.15) is 18.4 Å². The van der Waals surface area contributed by atoms with E-state index in [-0.39, 0.29) is 6.04 Å². The van der Waals surface area contributed by atoms with E-state index in [4.69, 9.17) is 5.26 Å². The van der Waals surface area contributed by atoms with Gasteiger partial charge in [-0.2, -0.15) is 5.26 Å². The molecular formula is C15H15N3. The standard InChI is InChI=1S/C15H15N3/c16-9-14-5-3-7-18(14)11-12-8-13-4-1-2-6-15(13)17-10-12/h1-2,4,6,8,10,14H,3,5,7,11H2. The zero-order valence-electron chi connectivity index (χ0n) is 10.2. The molecule has 1 aliphatic heterocycles. The molecule has 3 heteroatoms. The highest BCUT2D eigenvalue weighted by Gasteiger charge is 2.23. The van der Waals surface area contributed by atoms with Crippen LogP contribution in [0.15, 0.2) is 36.5 Å². The molecule has 1 aromatic carbocycles. The van der Waals surface area contributed by atoms with Crippen molar-refractivity contribution in [2.45, 2.75) is 25.4 Å². The first-order chi connectivity index (χ1) is 8.86. The van der Waals surface area contributed by atoms with Gasteiger partial charge < -0.3 is 0 Å². The molecule has 3 nitrogen and oxygen atoms in total. The van der Waals surface area contributed by atoms with Crippen LogP contribution in [0, 0.1) is 11.3 Å². The van der Waals surface area contributed by atoms with Crippen LogP contribution in [0.4, 0.5) is 0 Å². The van der Waals surface area contributed by atoms with Crippen LogP contribution in [0.2, 0.25) is 0 Å². The number of para-hydroxylation sites is 1. The Morgan fingerprint density at radius 3 is 3.17 bits per heavy atom. The Balaban J connectivity index is 1.85. The maximum Gasteiger partial charge on any atom is 0.0981 e. The Morgan fingerprint density at radius 2 is 2.28 bits per heavy atom. The quantitative estimate of drug-likeness (QED) is 0.806. The maximum absolute atomic E-state index is 9.08. The molecule has 3 rings (SSSR count). The molecule has 0 saturated carbocycles. The van der Waals surface area contributed by atoms with Crippen molar-refractivity contribution >= 4 is 10.9 Å². The third-order valence-electron chi connectivity index (χ3n) is 3.55. The molecule has 2 aromatic rings. The van der Waals surface area contributed by atoms with E-state index in [1.54, 1.807) is 0 Å². The van der Waals surface area contributed by atoms with Gasteiger partial charge in [-0.15, -0.1) is 0 Å². The summed E-state index contributed by atoms with van der Waals surface area (Å²) >= 11 is 0. The van der Waals surface area contributed by atoms with E-state index >= 15 is 0 Å². The van der Waals surface area contributed by atoms with Crippen molar-refractivity contribution in [3.05, 3.63) is 42.1 Å².